The fourth-order valence-corrected chi connectivity index (χ4v) is 3.99. The standard InChI is InChI=1S/C22H21FN2O4/c1-13-11-17(26)22-18(9-8-14(23)21(13)22)29-12-19(27)24-15-5-2-3-6-16(15)25-10-4-7-20(25)28/h2-3,5-6,8-9,13H,4,7,10-12H2,1H3,(H,24,27)/t13-/m1/s1. The number of nitrogens with one attached hydrogen (secondary N) is 1. The van der Waals surface area contributed by atoms with Crippen molar-refractivity contribution in [2.45, 2.75) is 32.1 Å². The van der Waals surface area contributed by atoms with Crippen molar-refractivity contribution in [3.63, 3.8) is 0 Å². The Labute approximate surface area is 167 Å². The van der Waals surface area contributed by atoms with Gasteiger partial charge in [0.25, 0.3) is 5.91 Å². The van der Waals surface area contributed by atoms with Gasteiger partial charge in [-0.1, -0.05) is 19.1 Å². The molecule has 1 aliphatic heterocycles. The van der Waals surface area contributed by atoms with Crippen molar-refractivity contribution >= 4 is 29.0 Å². The second-order valence-corrected chi connectivity index (χ2v) is 7.37. The van der Waals surface area contributed by atoms with Gasteiger partial charge in [0.1, 0.15) is 11.6 Å². The molecule has 1 atom stereocenters. The first kappa shape index (κ1) is 19.1. The number of halogens is 1. The molecular formula is C22H21FN2O4. The third kappa shape index (κ3) is 3.60. The minimum absolute atomic E-state index is 0.0254. The van der Waals surface area contributed by atoms with Crippen molar-refractivity contribution in [2.24, 2.45) is 0 Å². The van der Waals surface area contributed by atoms with E-state index < -0.39 is 11.7 Å². The van der Waals surface area contributed by atoms with Crippen LogP contribution in [-0.2, 0) is 9.59 Å². The van der Waals surface area contributed by atoms with Crippen LogP contribution in [-0.4, -0.2) is 30.7 Å². The Hall–Kier alpha value is -3.22. The minimum Gasteiger partial charge on any atom is -0.483 e. The lowest BCUT2D eigenvalue weighted by Crippen LogP contribution is -2.27. The van der Waals surface area contributed by atoms with E-state index >= 15 is 0 Å². The fourth-order valence-electron chi connectivity index (χ4n) is 3.99. The average Bonchev–Trinajstić information content (AvgIpc) is 3.25. The Morgan fingerprint density at radius 3 is 2.79 bits per heavy atom. The highest BCUT2D eigenvalue weighted by atomic mass is 19.1. The number of amides is 2. The molecule has 2 aliphatic rings. The largest absolute Gasteiger partial charge is 0.483 e. The van der Waals surface area contributed by atoms with Crippen molar-refractivity contribution in [3.8, 4) is 5.75 Å². The third-order valence-corrected chi connectivity index (χ3v) is 5.32. The van der Waals surface area contributed by atoms with Gasteiger partial charge in [0, 0.05) is 24.9 Å². The average molecular weight is 396 g/mol. The summed E-state index contributed by atoms with van der Waals surface area (Å²) >= 11 is 0. The Morgan fingerprint density at radius 1 is 1.24 bits per heavy atom. The van der Waals surface area contributed by atoms with Gasteiger partial charge in [-0.2, -0.15) is 0 Å². The molecular weight excluding hydrogens is 375 g/mol. The van der Waals surface area contributed by atoms with Crippen LogP contribution >= 0.6 is 0 Å². The summed E-state index contributed by atoms with van der Waals surface area (Å²) in [6.45, 7) is 2.08. The molecule has 1 saturated heterocycles. The van der Waals surface area contributed by atoms with E-state index in [2.05, 4.69) is 5.32 Å². The number of ketones is 1. The van der Waals surface area contributed by atoms with Crippen molar-refractivity contribution in [2.75, 3.05) is 23.4 Å². The molecule has 2 amide bonds. The van der Waals surface area contributed by atoms with Gasteiger partial charge in [0.2, 0.25) is 5.91 Å². The fraction of sp³-hybridized carbons (Fsp3) is 0.318. The smallest absolute Gasteiger partial charge is 0.262 e. The van der Waals surface area contributed by atoms with E-state index in [9.17, 15) is 18.8 Å². The number of benzene rings is 2. The molecule has 7 heteroatoms. The SMILES string of the molecule is C[C@@H]1CC(=O)c2c(OCC(=O)Nc3ccccc3N3CCCC3=O)ccc(F)c21. The van der Waals surface area contributed by atoms with E-state index in [1.165, 1.54) is 12.1 Å². The predicted octanol–water partition coefficient (Wildman–Crippen LogP) is 3.66. The number of ether oxygens (including phenoxy) is 1. The van der Waals surface area contributed by atoms with E-state index in [0.29, 0.717) is 29.9 Å². The van der Waals surface area contributed by atoms with Crippen molar-refractivity contribution in [1.82, 2.24) is 0 Å². The highest BCUT2D eigenvalue weighted by Gasteiger charge is 2.32. The number of fused-ring (bicyclic) bond motifs is 1. The van der Waals surface area contributed by atoms with Gasteiger partial charge in [-0.25, -0.2) is 4.39 Å². The predicted molar refractivity (Wildman–Crippen MR) is 106 cm³/mol. The number of hydrogen-bond acceptors (Lipinski definition) is 4. The van der Waals surface area contributed by atoms with E-state index in [1.54, 1.807) is 30.0 Å². The second kappa shape index (κ2) is 7.66. The molecule has 0 aromatic heterocycles. The van der Waals surface area contributed by atoms with Crippen molar-refractivity contribution in [1.29, 1.82) is 0 Å². The molecule has 0 unspecified atom stereocenters. The summed E-state index contributed by atoms with van der Waals surface area (Å²) < 4.78 is 19.6. The molecule has 4 rings (SSSR count). The second-order valence-electron chi connectivity index (χ2n) is 7.37. The molecule has 2 aromatic carbocycles. The number of carbonyl (C=O) groups is 3. The maximum Gasteiger partial charge on any atom is 0.262 e. The lowest BCUT2D eigenvalue weighted by molar-refractivity contribution is -0.118. The molecule has 6 nitrogen and oxygen atoms in total. The van der Waals surface area contributed by atoms with E-state index in [1.807, 2.05) is 6.07 Å². The molecule has 1 heterocycles. The Morgan fingerprint density at radius 2 is 2.03 bits per heavy atom. The lowest BCUT2D eigenvalue weighted by Gasteiger charge is -2.20. The van der Waals surface area contributed by atoms with Gasteiger partial charge in [0.15, 0.2) is 12.4 Å². The summed E-state index contributed by atoms with van der Waals surface area (Å²) in [5, 5.41) is 2.76. The zero-order valence-corrected chi connectivity index (χ0v) is 16.0. The maximum atomic E-state index is 14.1. The normalized spacial score (nSPS) is 18.1. The lowest BCUT2D eigenvalue weighted by atomic mass is 10.0. The third-order valence-electron chi connectivity index (χ3n) is 5.32. The summed E-state index contributed by atoms with van der Waals surface area (Å²) in [5.41, 5.74) is 1.75. The van der Waals surface area contributed by atoms with Crippen LogP contribution in [0.25, 0.3) is 0 Å². The number of rotatable bonds is 5. The van der Waals surface area contributed by atoms with Gasteiger partial charge >= 0.3 is 0 Å². The number of carbonyl (C=O) groups excluding carboxylic acids is 3. The van der Waals surface area contributed by atoms with E-state index in [0.717, 1.165) is 6.42 Å². The van der Waals surface area contributed by atoms with Crippen LogP contribution in [0.1, 0.15) is 48.0 Å². The van der Waals surface area contributed by atoms with Crippen LogP contribution in [0.3, 0.4) is 0 Å². The first-order valence-electron chi connectivity index (χ1n) is 9.63. The number of nitrogens with zero attached hydrogens (tertiary/aromatic N) is 1. The molecule has 0 spiro atoms. The van der Waals surface area contributed by atoms with Crippen molar-refractivity contribution < 1.29 is 23.5 Å². The van der Waals surface area contributed by atoms with Crippen LogP contribution in [0.4, 0.5) is 15.8 Å². The zero-order chi connectivity index (χ0) is 20.5. The van der Waals surface area contributed by atoms with Crippen LogP contribution in [0.2, 0.25) is 0 Å². The quantitative estimate of drug-likeness (QED) is 0.837. The molecule has 0 bridgehead atoms. The number of anilines is 2. The molecule has 2 aromatic rings. The first-order valence-corrected chi connectivity index (χ1v) is 9.63. The van der Waals surface area contributed by atoms with Gasteiger partial charge in [-0.3, -0.25) is 14.4 Å². The zero-order valence-electron chi connectivity index (χ0n) is 16.0. The topological polar surface area (TPSA) is 75.7 Å². The van der Waals surface area contributed by atoms with Gasteiger partial charge in [0.05, 0.1) is 16.9 Å². The van der Waals surface area contributed by atoms with Gasteiger partial charge in [-0.15, -0.1) is 0 Å². The molecule has 150 valence electrons. The number of para-hydroxylation sites is 2. The van der Waals surface area contributed by atoms with Crippen LogP contribution in [0.5, 0.6) is 5.75 Å². The molecule has 1 N–H and O–H groups in total. The molecule has 0 saturated carbocycles. The summed E-state index contributed by atoms with van der Waals surface area (Å²) in [7, 11) is 0. The minimum atomic E-state index is -0.431. The monoisotopic (exact) mass is 396 g/mol. The highest BCUT2D eigenvalue weighted by Crippen LogP contribution is 2.39. The molecule has 1 fully saturated rings. The molecule has 0 radical (unpaired) electrons. The first-order chi connectivity index (χ1) is 14.0. The Bertz CT molecular complexity index is 1000. The van der Waals surface area contributed by atoms with E-state index in [4.69, 9.17) is 4.74 Å². The van der Waals surface area contributed by atoms with Crippen LogP contribution < -0.4 is 15.0 Å². The number of Topliss-reactive ketones (excluding diaryl/α,β-unsaturated/α-hetero) is 1. The van der Waals surface area contributed by atoms with Crippen LogP contribution in [0.15, 0.2) is 36.4 Å². The molecule has 29 heavy (non-hydrogen) atoms. The Balaban J connectivity index is 1.48. The summed E-state index contributed by atoms with van der Waals surface area (Å²) in [4.78, 5) is 38.4. The summed E-state index contributed by atoms with van der Waals surface area (Å²) in [6, 6.07) is 9.73. The van der Waals surface area contributed by atoms with Gasteiger partial charge < -0.3 is 15.0 Å². The van der Waals surface area contributed by atoms with Gasteiger partial charge in [-0.05, 0) is 36.6 Å². The van der Waals surface area contributed by atoms with E-state index in [-0.39, 0.29) is 41.9 Å². The molecule has 1 aliphatic carbocycles. The maximum absolute atomic E-state index is 14.1. The van der Waals surface area contributed by atoms with Crippen LogP contribution in [0, 0.1) is 5.82 Å². The Kier molecular flexibility index (Phi) is 5.05. The van der Waals surface area contributed by atoms with Crippen molar-refractivity contribution in [3.05, 3.63) is 53.3 Å². The summed E-state index contributed by atoms with van der Waals surface area (Å²) in [6.07, 6.45) is 1.51. The highest BCUT2D eigenvalue weighted by molar-refractivity contribution is 6.04. The number of hydrogen-bond donors (Lipinski definition) is 1. The summed E-state index contributed by atoms with van der Waals surface area (Å²) in [5.74, 6) is -1.01.